The lowest BCUT2D eigenvalue weighted by Gasteiger charge is -2.23. The average molecular weight is 243 g/mol. The van der Waals surface area contributed by atoms with Crippen LogP contribution in [0.2, 0.25) is 0 Å². The zero-order valence-corrected chi connectivity index (χ0v) is 9.66. The summed E-state index contributed by atoms with van der Waals surface area (Å²) in [6.45, 7) is 2.28. The van der Waals surface area contributed by atoms with Gasteiger partial charge in [-0.2, -0.15) is 0 Å². The fourth-order valence-electron chi connectivity index (χ4n) is 1.61. The number of carboxylic acids is 1. The van der Waals surface area contributed by atoms with Crippen LogP contribution in [0.5, 0.6) is 0 Å². The van der Waals surface area contributed by atoms with Crippen molar-refractivity contribution in [2.45, 2.75) is 38.3 Å². The number of aliphatic carboxylic acids is 1. The highest BCUT2D eigenvalue weighted by Crippen LogP contribution is 2.02. The summed E-state index contributed by atoms with van der Waals surface area (Å²) in [5.41, 5.74) is 0. The predicted molar refractivity (Wildman–Crippen MR) is 59.4 cm³/mol. The molecule has 1 aliphatic heterocycles. The first kappa shape index (κ1) is 13.3. The Hall–Kier alpha value is -1.79. The molecule has 1 unspecified atom stereocenters. The fraction of sp³-hybridized carbons (Fsp3) is 0.700. The molecule has 1 heterocycles. The first-order valence-electron chi connectivity index (χ1n) is 5.62. The van der Waals surface area contributed by atoms with Gasteiger partial charge >= 0.3 is 12.0 Å². The van der Waals surface area contributed by atoms with E-state index in [9.17, 15) is 14.4 Å². The Labute approximate surface area is 98.9 Å². The van der Waals surface area contributed by atoms with Gasteiger partial charge < -0.3 is 21.1 Å². The maximum absolute atomic E-state index is 11.5. The molecule has 0 aliphatic carbocycles. The van der Waals surface area contributed by atoms with E-state index in [-0.39, 0.29) is 5.91 Å². The summed E-state index contributed by atoms with van der Waals surface area (Å²) in [4.78, 5) is 33.5. The number of carbonyl (C=O) groups excluding carboxylic acids is 2. The van der Waals surface area contributed by atoms with Gasteiger partial charge in [0.05, 0.1) is 0 Å². The van der Waals surface area contributed by atoms with Crippen molar-refractivity contribution in [3.8, 4) is 0 Å². The van der Waals surface area contributed by atoms with Crippen molar-refractivity contribution in [2.24, 2.45) is 0 Å². The van der Waals surface area contributed by atoms with Gasteiger partial charge in [0.25, 0.3) is 0 Å². The topological polar surface area (TPSA) is 108 Å². The number of carbonyl (C=O) groups is 3. The predicted octanol–water partition coefficient (Wildman–Crippen LogP) is -0.573. The van der Waals surface area contributed by atoms with Gasteiger partial charge in [-0.05, 0) is 19.3 Å². The Bertz CT molecular complexity index is 319. The number of hydrogen-bond donors (Lipinski definition) is 4. The molecular weight excluding hydrogens is 226 g/mol. The zero-order valence-electron chi connectivity index (χ0n) is 9.66. The van der Waals surface area contributed by atoms with Crippen LogP contribution < -0.4 is 16.0 Å². The molecule has 0 spiro atoms. The number of rotatable bonds is 4. The smallest absolute Gasteiger partial charge is 0.326 e. The van der Waals surface area contributed by atoms with Gasteiger partial charge in [0, 0.05) is 6.54 Å². The Morgan fingerprint density at radius 2 is 2.29 bits per heavy atom. The summed E-state index contributed by atoms with van der Waals surface area (Å²) in [5, 5.41) is 16.2. The molecule has 4 N–H and O–H groups in total. The number of nitrogens with one attached hydrogen (secondary N) is 3. The molecule has 7 heteroatoms. The molecule has 0 aromatic carbocycles. The Balaban J connectivity index is 2.42. The van der Waals surface area contributed by atoms with E-state index < -0.39 is 24.1 Å². The number of carboxylic acid groups (broad SMARTS) is 1. The molecule has 1 rings (SSSR count). The van der Waals surface area contributed by atoms with E-state index in [0.717, 1.165) is 6.42 Å². The fourth-order valence-corrected chi connectivity index (χ4v) is 1.61. The van der Waals surface area contributed by atoms with Crippen LogP contribution in [0.15, 0.2) is 0 Å². The van der Waals surface area contributed by atoms with Gasteiger partial charge in [-0.15, -0.1) is 0 Å². The summed E-state index contributed by atoms with van der Waals surface area (Å²) < 4.78 is 0. The van der Waals surface area contributed by atoms with Crippen molar-refractivity contribution in [2.75, 3.05) is 6.54 Å². The second kappa shape index (κ2) is 6.07. The number of piperidine rings is 1. The molecule has 0 aromatic heterocycles. The van der Waals surface area contributed by atoms with Crippen LogP contribution in [-0.4, -0.2) is 41.6 Å². The third-order valence-electron chi connectivity index (χ3n) is 2.60. The van der Waals surface area contributed by atoms with Gasteiger partial charge in [-0.1, -0.05) is 6.92 Å². The largest absolute Gasteiger partial charge is 0.480 e. The number of urea groups is 1. The van der Waals surface area contributed by atoms with Crippen LogP contribution in [0.25, 0.3) is 0 Å². The molecule has 7 nitrogen and oxygen atoms in total. The first-order chi connectivity index (χ1) is 8.04. The maximum Gasteiger partial charge on any atom is 0.326 e. The molecule has 0 bridgehead atoms. The van der Waals surface area contributed by atoms with Crippen LogP contribution in [0, 0.1) is 0 Å². The lowest BCUT2D eigenvalue weighted by atomic mass is 10.1. The molecule has 96 valence electrons. The lowest BCUT2D eigenvalue weighted by molar-refractivity contribution is -0.139. The van der Waals surface area contributed by atoms with Gasteiger partial charge in [0.15, 0.2) is 0 Å². The van der Waals surface area contributed by atoms with E-state index in [1.54, 1.807) is 6.92 Å². The summed E-state index contributed by atoms with van der Waals surface area (Å²) in [5.74, 6) is -1.31. The summed E-state index contributed by atoms with van der Waals surface area (Å²) >= 11 is 0. The third kappa shape index (κ3) is 3.93. The molecule has 0 aromatic rings. The molecule has 1 aliphatic rings. The van der Waals surface area contributed by atoms with Crippen molar-refractivity contribution >= 4 is 17.9 Å². The van der Waals surface area contributed by atoms with Crippen LogP contribution in [0.1, 0.15) is 26.2 Å². The van der Waals surface area contributed by atoms with E-state index in [1.165, 1.54) is 0 Å². The average Bonchev–Trinajstić information content (AvgIpc) is 2.28. The van der Waals surface area contributed by atoms with E-state index in [2.05, 4.69) is 16.0 Å². The van der Waals surface area contributed by atoms with E-state index >= 15 is 0 Å². The van der Waals surface area contributed by atoms with Gasteiger partial charge in [0.2, 0.25) is 5.91 Å². The molecule has 0 radical (unpaired) electrons. The molecule has 3 amide bonds. The molecule has 17 heavy (non-hydrogen) atoms. The molecule has 2 atom stereocenters. The van der Waals surface area contributed by atoms with Crippen molar-refractivity contribution in [1.29, 1.82) is 0 Å². The second-order valence-corrected chi connectivity index (χ2v) is 3.90. The highest BCUT2D eigenvalue weighted by atomic mass is 16.4. The Morgan fingerprint density at radius 1 is 1.59 bits per heavy atom. The van der Waals surface area contributed by atoms with E-state index in [0.29, 0.717) is 19.4 Å². The second-order valence-electron chi connectivity index (χ2n) is 3.90. The lowest BCUT2D eigenvalue weighted by Crippen LogP contribution is -2.55. The standard InChI is InChI=1S/C10H17N3O4/c1-2-6(9(15)16)12-10(17)13-7-4-3-5-11-8(7)14/h6-7H,2-5H2,1H3,(H,11,14)(H,15,16)(H2,12,13,17)/t6-,7?/m0/s1. The van der Waals surface area contributed by atoms with Crippen molar-refractivity contribution in [1.82, 2.24) is 16.0 Å². The summed E-state index contributed by atoms with van der Waals surface area (Å²) in [7, 11) is 0. The minimum absolute atomic E-state index is 0.227. The van der Waals surface area contributed by atoms with E-state index in [4.69, 9.17) is 5.11 Å². The van der Waals surface area contributed by atoms with E-state index in [1.807, 2.05) is 0 Å². The SMILES string of the molecule is CC[C@H](NC(=O)NC1CCCNC1=O)C(=O)O. The minimum Gasteiger partial charge on any atom is -0.480 e. The van der Waals surface area contributed by atoms with Crippen molar-refractivity contribution < 1.29 is 19.5 Å². The van der Waals surface area contributed by atoms with Crippen LogP contribution in [-0.2, 0) is 9.59 Å². The third-order valence-corrected chi connectivity index (χ3v) is 2.60. The molecule has 0 saturated carbocycles. The summed E-state index contributed by atoms with van der Waals surface area (Å²) in [6.07, 6.45) is 1.66. The highest BCUT2D eigenvalue weighted by Gasteiger charge is 2.25. The number of hydrogen-bond acceptors (Lipinski definition) is 3. The van der Waals surface area contributed by atoms with Crippen LogP contribution in [0.3, 0.4) is 0 Å². The number of amides is 3. The zero-order chi connectivity index (χ0) is 12.8. The quantitative estimate of drug-likeness (QED) is 0.530. The van der Waals surface area contributed by atoms with Gasteiger partial charge in [-0.3, -0.25) is 4.79 Å². The monoisotopic (exact) mass is 243 g/mol. The van der Waals surface area contributed by atoms with Crippen molar-refractivity contribution in [3.05, 3.63) is 0 Å². The maximum atomic E-state index is 11.5. The Morgan fingerprint density at radius 3 is 2.82 bits per heavy atom. The summed E-state index contributed by atoms with van der Waals surface area (Å²) in [6, 6.07) is -2.13. The Kier molecular flexibility index (Phi) is 4.74. The molecule has 1 saturated heterocycles. The molecule has 1 fully saturated rings. The van der Waals surface area contributed by atoms with Crippen LogP contribution in [0.4, 0.5) is 4.79 Å². The van der Waals surface area contributed by atoms with Gasteiger partial charge in [0.1, 0.15) is 12.1 Å². The highest BCUT2D eigenvalue weighted by molar-refractivity contribution is 5.89. The van der Waals surface area contributed by atoms with Crippen LogP contribution >= 0.6 is 0 Å². The van der Waals surface area contributed by atoms with Crippen molar-refractivity contribution in [3.63, 3.8) is 0 Å². The normalized spacial score (nSPS) is 21.2. The minimum atomic E-state index is -1.09. The van der Waals surface area contributed by atoms with Gasteiger partial charge in [-0.25, -0.2) is 9.59 Å². The first-order valence-corrected chi connectivity index (χ1v) is 5.62. The molecular formula is C10H17N3O4.